The monoisotopic (exact) mass is 465 g/mol. The van der Waals surface area contributed by atoms with Crippen molar-refractivity contribution < 1.29 is 13.9 Å². The van der Waals surface area contributed by atoms with E-state index in [1.54, 1.807) is 0 Å². The quantitative estimate of drug-likeness (QED) is 0.368. The van der Waals surface area contributed by atoms with Gasteiger partial charge in [0.05, 0.1) is 6.61 Å². The fraction of sp³-hybridized carbons (Fsp3) is 0.611. The maximum absolute atomic E-state index is 13.7. The number of hydrogen-bond donors (Lipinski definition) is 2. The molecule has 0 unspecified atom stereocenters. The van der Waals surface area contributed by atoms with Gasteiger partial charge in [-0.15, -0.1) is 24.0 Å². The topological polar surface area (TPSA) is 54.9 Å². The Morgan fingerprint density at radius 3 is 2.84 bits per heavy atom. The number of hydrogen-bond acceptors (Lipinski definition) is 3. The normalized spacial score (nSPS) is 13.7. The molecule has 25 heavy (non-hydrogen) atoms. The molecule has 0 saturated carbocycles. The van der Waals surface area contributed by atoms with Gasteiger partial charge in [-0.25, -0.2) is 4.39 Å². The van der Waals surface area contributed by atoms with E-state index in [4.69, 9.17) is 9.47 Å². The van der Waals surface area contributed by atoms with E-state index in [-0.39, 0.29) is 36.6 Å². The van der Waals surface area contributed by atoms with Crippen molar-refractivity contribution in [2.75, 3.05) is 26.4 Å². The number of fused-ring (bicyclic) bond motifs is 1. The van der Waals surface area contributed by atoms with Gasteiger partial charge in [-0.2, -0.15) is 0 Å². The molecule has 0 bridgehead atoms. The highest BCUT2D eigenvalue weighted by atomic mass is 127. The summed E-state index contributed by atoms with van der Waals surface area (Å²) in [6.45, 7) is 9.29. The van der Waals surface area contributed by atoms with E-state index in [1.807, 2.05) is 6.92 Å². The fourth-order valence-electron chi connectivity index (χ4n) is 2.53. The third-order valence-corrected chi connectivity index (χ3v) is 3.76. The molecule has 2 N–H and O–H groups in total. The van der Waals surface area contributed by atoms with Crippen LogP contribution in [0.15, 0.2) is 17.1 Å². The lowest BCUT2D eigenvalue weighted by atomic mass is 10.1. The van der Waals surface area contributed by atoms with Crippen LogP contribution in [0, 0.1) is 11.7 Å². The van der Waals surface area contributed by atoms with E-state index in [0.29, 0.717) is 25.5 Å². The zero-order valence-electron chi connectivity index (χ0n) is 15.2. The van der Waals surface area contributed by atoms with Gasteiger partial charge in [-0.1, -0.05) is 13.8 Å². The summed E-state index contributed by atoms with van der Waals surface area (Å²) in [6.07, 6.45) is 1.72. The van der Waals surface area contributed by atoms with Crippen LogP contribution in [0.2, 0.25) is 0 Å². The second kappa shape index (κ2) is 11.5. The van der Waals surface area contributed by atoms with Crippen molar-refractivity contribution in [3.8, 4) is 5.75 Å². The van der Waals surface area contributed by atoms with Crippen molar-refractivity contribution in [1.82, 2.24) is 10.6 Å². The number of nitrogens with one attached hydrogen (secondary N) is 2. The molecule has 7 heteroatoms. The molecule has 0 amide bonds. The predicted molar refractivity (Wildman–Crippen MR) is 109 cm³/mol. The molecule has 5 nitrogen and oxygen atoms in total. The fourth-order valence-corrected chi connectivity index (χ4v) is 2.53. The molecular formula is C18H29FIN3O2. The Labute approximate surface area is 166 Å². The maximum atomic E-state index is 13.7. The number of benzene rings is 1. The molecule has 1 aliphatic rings. The van der Waals surface area contributed by atoms with E-state index in [0.717, 1.165) is 42.3 Å². The summed E-state index contributed by atoms with van der Waals surface area (Å²) in [4.78, 5) is 4.56. The maximum Gasteiger partial charge on any atom is 0.191 e. The summed E-state index contributed by atoms with van der Waals surface area (Å²) >= 11 is 0. The summed E-state index contributed by atoms with van der Waals surface area (Å²) in [5, 5.41) is 6.53. The number of aliphatic imine (C=N–C) groups is 1. The molecule has 0 radical (unpaired) electrons. The largest absolute Gasteiger partial charge is 0.467 e. The van der Waals surface area contributed by atoms with Crippen LogP contribution in [0.5, 0.6) is 5.75 Å². The van der Waals surface area contributed by atoms with Crippen LogP contribution in [0.4, 0.5) is 4.39 Å². The zero-order valence-corrected chi connectivity index (χ0v) is 17.6. The van der Waals surface area contributed by atoms with Crippen molar-refractivity contribution in [2.45, 2.75) is 40.2 Å². The van der Waals surface area contributed by atoms with E-state index in [1.165, 1.54) is 12.1 Å². The number of nitrogens with zero attached hydrogens (tertiary/aromatic N) is 1. The second-order valence-corrected chi connectivity index (χ2v) is 6.28. The van der Waals surface area contributed by atoms with Gasteiger partial charge in [0, 0.05) is 25.2 Å². The summed E-state index contributed by atoms with van der Waals surface area (Å²) < 4.78 is 24.5. The van der Waals surface area contributed by atoms with E-state index < -0.39 is 0 Å². The van der Waals surface area contributed by atoms with Gasteiger partial charge in [0.1, 0.15) is 11.6 Å². The molecule has 2 rings (SSSR count). The average molecular weight is 465 g/mol. The highest BCUT2D eigenvalue weighted by Gasteiger charge is 2.16. The summed E-state index contributed by atoms with van der Waals surface area (Å²) in [5.41, 5.74) is 1.63. The van der Waals surface area contributed by atoms with Gasteiger partial charge in [0.15, 0.2) is 12.8 Å². The molecule has 0 saturated heterocycles. The van der Waals surface area contributed by atoms with Crippen LogP contribution < -0.4 is 15.4 Å². The van der Waals surface area contributed by atoms with Gasteiger partial charge in [-0.05, 0) is 43.4 Å². The highest BCUT2D eigenvalue weighted by molar-refractivity contribution is 14.0. The first kappa shape index (κ1) is 22.0. The second-order valence-electron chi connectivity index (χ2n) is 6.28. The van der Waals surface area contributed by atoms with Crippen molar-refractivity contribution in [3.63, 3.8) is 0 Å². The number of halogens is 2. The van der Waals surface area contributed by atoms with Crippen LogP contribution in [-0.4, -0.2) is 32.4 Å². The smallest absolute Gasteiger partial charge is 0.191 e. The summed E-state index contributed by atoms with van der Waals surface area (Å²) in [7, 11) is 0. The molecule has 1 aliphatic heterocycles. The minimum atomic E-state index is -0.254. The lowest BCUT2D eigenvalue weighted by Crippen LogP contribution is -2.38. The summed E-state index contributed by atoms with van der Waals surface area (Å²) in [5.74, 6) is 1.93. The van der Waals surface area contributed by atoms with Gasteiger partial charge < -0.3 is 20.1 Å². The van der Waals surface area contributed by atoms with Crippen molar-refractivity contribution in [2.24, 2.45) is 10.9 Å². The molecule has 1 aromatic carbocycles. The standard InChI is InChI=1S/C18H28FN3O2.HI/c1-4-20-18(21-7-5-13(2)3)22-8-6-14-9-16(19)10-15-11-23-12-24-17(14)15;/h9-10,13H,4-8,11-12H2,1-3H3,(H2,20,21,22);1H. The number of ether oxygens (including phenoxy) is 2. The lowest BCUT2D eigenvalue weighted by Gasteiger charge is -2.21. The van der Waals surface area contributed by atoms with Crippen molar-refractivity contribution in [1.29, 1.82) is 0 Å². The van der Waals surface area contributed by atoms with Gasteiger partial charge in [-0.3, -0.25) is 4.99 Å². The third-order valence-electron chi connectivity index (χ3n) is 3.76. The van der Waals surface area contributed by atoms with Crippen LogP contribution in [0.1, 0.15) is 38.3 Å². The van der Waals surface area contributed by atoms with Gasteiger partial charge >= 0.3 is 0 Å². The van der Waals surface area contributed by atoms with Crippen LogP contribution >= 0.6 is 24.0 Å². The Hall–Kier alpha value is -1.09. The number of guanidine groups is 1. The number of rotatable bonds is 7. The minimum absolute atomic E-state index is 0. The molecule has 0 aromatic heterocycles. The Bertz CT molecular complexity index is 567. The molecular weight excluding hydrogens is 436 g/mol. The zero-order chi connectivity index (χ0) is 17.4. The van der Waals surface area contributed by atoms with Gasteiger partial charge in [0.2, 0.25) is 0 Å². The predicted octanol–water partition coefficient (Wildman–Crippen LogP) is 3.45. The van der Waals surface area contributed by atoms with Crippen LogP contribution in [0.3, 0.4) is 0 Å². The molecule has 0 atom stereocenters. The Balaban J connectivity index is 0.00000312. The Morgan fingerprint density at radius 2 is 2.12 bits per heavy atom. The van der Waals surface area contributed by atoms with Gasteiger partial charge in [0.25, 0.3) is 0 Å². The molecule has 0 spiro atoms. The molecule has 0 fully saturated rings. The van der Waals surface area contributed by atoms with Crippen LogP contribution in [0.25, 0.3) is 0 Å². The lowest BCUT2D eigenvalue weighted by molar-refractivity contribution is -0.0172. The Kier molecular flexibility index (Phi) is 10.1. The van der Waals surface area contributed by atoms with E-state index in [9.17, 15) is 4.39 Å². The van der Waals surface area contributed by atoms with E-state index >= 15 is 0 Å². The molecule has 1 aromatic rings. The van der Waals surface area contributed by atoms with Crippen molar-refractivity contribution >= 4 is 29.9 Å². The molecule has 0 aliphatic carbocycles. The third kappa shape index (κ3) is 7.35. The highest BCUT2D eigenvalue weighted by Crippen LogP contribution is 2.29. The van der Waals surface area contributed by atoms with Crippen LogP contribution in [-0.2, 0) is 17.8 Å². The first-order chi connectivity index (χ1) is 11.6. The SMILES string of the molecule is CCNC(=NCCC(C)C)NCCc1cc(F)cc2c1OCOC2.I. The average Bonchev–Trinajstić information content (AvgIpc) is 2.54. The van der Waals surface area contributed by atoms with E-state index in [2.05, 4.69) is 29.5 Å². The summed E-state index contributed by atoms with van der Waals surface area (Å²) in [6, 6.07) is 3.01. The first-order valence-electron chi connectivity index (χ1n) is 8.64. The van der Waals surface area contributed by atoms with Crippen molar-refractivity contribution in [3.05, 3.63) is 29.1 Å². The minimum Gasteiger partial charge on any atom is -0.467 e. The molecule has 142 valence electrons. The first-order valence-corrected chi connectivity index (χ1v) is 8.64. The molecule has 1 heterocycles. The Morgan fingerprint density at radius 1 is 1.32 bits per heavy atom.